The summed E-state index contributed by atoms with van der Waals surface area (Å²) in [5.74, 6) is -0.303. The molecule has 1 aromatic carbocycles. The van der Waals surface area contributed by atoms with Gasteiger partial charge < -0.3 is 10.3 Å². The van der Waals surface area contributed by atoms with Crippen LogP contribution in [0.25, 0.3) is 11.8 Å². The van der Waals surface area contributed by atoms with Gasteiger partial charge in [-0.3, -0.25) is 4.79 Å². The van der Waals surface area contributed by atoms with Crippen molar-refractivity contribution in [1.29, 1.82) is 0 Å². The molecule has 1 aliphatic rings. The minimum absolute atomic E-state index is 0.275. The molecule has 1 aliphatic heterocycles. The van der Waals surface area contributed by atoms with Gasteiger partial charge >= 0.3 is 0 Å². The molecule has 2 heterocycles. The van der Waals surface area contributed by atoms with Gasteiger partial charge in [0.2, 0.25) is 0 Å². The van der Waals surface area contributed by atoms with E-state index >= 15 is 0 Å². The van der Waals surface area contributed by atoms with Crippen molar-refractivity contribution < 1.29 is 4.79 Å². The second kappa shape index (κ2) is 6.07. The fourth-order valence-electron chi connectivity index (χ4n) is 2.57. The Hall–Kier alpha value is -1.69. The van der Waals surface area contributed by atoms with Gasteiger partial charge in [0.05, 0.1) is 4.91 Å². The average molecular weight is 366 g/mol. The predicted molar refractivity (Wildman–Crippen MR) is 97.5 cm³/mol. The summed E-state index contributed by atoms with van der Waals surface area (Å²) in [5.41, 5.74) is 9.38. The van der Waals surface area contributed by atoms with Gasteiger partial charge in [-0.15, -0.1) is 0 Å². The van der Waals surface area contributed by atoms with Crippen LogP contribution in [0.1, 0.15) is 17.0 Å². The zero-order valence-corrected chi connectivity index (χ0v) is 14.8. The van der Waals surface area contributed by atoms with Crippen LogP contribution >= 0.6 is 35.0 Å². The van der Waals surface area contributed by atoms with Gasteiger partial charge in [0.25, 0.3) is 5.91 Å². The van der Waals surface area contributed by atoms with Gasteiger partial charge in [-0.1, -0.05) is 23.2 Å². The third-order valence-corrected chi connectivity index (χ3v) is 4.75. The van der Waals surface area contributed by atoms with E-state index in [1.54, 1.807) is 12.1 Å². The highest BCUT2D eigenvalue weighted by molar-refractivity contribution is 8.18. The summed E-state index contributed by atoms with van der Waals surface area (Å²) in [6.07, 6.45) is 1.81. The van der Waals surface area contributed by atoms with Gasteiger partial charge in [0.15, 0.2) is 5.17 Å². The van der Waals surface area contributed by atoms with Gasteiger partial charge in [-0.25, -0.2) is 0 Å². The second-order valence-corrected chi connectivity index (χ2v) is 7.09. The van der Waals surface area contributed by atoms with E-state index in [-0.39, 0.29) is 11.1 Å². The highest BCUT2D eigenvalue weighted by Crippen LogP contribution is 2.30. The monoisotopic (exact) mass is 365 g/mol. The number of carbonyl (C=O) groups is 1. The van der Waals surface area contributed by atoms with Crippen LogP contribution in [0, 0.1) is 13.8 Å². The fourth-order valence-corrected chi connectivity index (χ4v) is 3.75. The predicted octanol–water partition coefficient (Wildman–Crippen LogP) is 4.33. The number of amidine groups is 1. The third-order valence-electron chi connectivity index (χ3n) is 3.50. The fraction of sp³-hybridized carbons (Fsp3) is 0.125. The van der Waals surface area contributed by atoms with E-state index in [4.69, 9.17) is 28.9 Å². The summed E-state index contributed by atoms with van der Waals surface area (Å²) >= 11 is 13.4. The second-order valence-electron chi connectivity index (χ2n) is 5.16. The van der Waals surface area contributed by atoms with Gasteiger partial charge in [-0.05, 0) is 61.5 Å². The van der Waals surface area contributed by atoms with Crippen molar-refractivity contribution in [3.63, 3.8) is 0 Å². The van der Waals surface area contributed by atoms with Gasteiger partial charge in [0.1, 0.15) is 0 Å². The molecule has 1 aromatic heterocycles. The molecule has 0 bridgehead atoms. The molecule has 2 aromatic rings. The number of aryl methyl sites for hydroxylation is 1. The number of aromatic nitrogens is 1. The normalized spacial score (nSPS) is 16.3. The maximum atomic E-state index is 11.8. The van der Waals surface area contributed by atoms with Crippen LogP contribution in [0.2, 0.25) is 10.0 Å². The summed E-state index contributed by atoms with van der Waals surface area (Å²) in [5, 5.41) is 1.42. The summed E-state index contributed by atoms with van der Waals surface area (Å²) < 4.78 is 2.04. The van der Waals surface area contributed by atoms with Crippen molar-refractivity contribution in [1.82, 2.24) is 4.57 Å². The first-order valence-corrected chi connectivity index (χ1v) is 8.36. The van der Waals surface area contributed by atoms with Crippen molar-refractivity contribution in [3.8, 4) is 5.69 Å². The molecular formula is C16H13Cl2N3OS. The van der Waals surface area contributed by atoms with Crippen LogP contribution in [-0.4, -0.2) is 15.6 Å². The largest absolute Gasteiger partial charge is 0.378 e. The van der Waals surface area contributed by atoms with E-state index < -0.39 is 0 Å². The number of thioether (sulfide) groups is 1. The molecular weight excluding hydrogens is 353 g/mol. The molecule has 0 saturated heterocycles. The van der Waals surface area contributed by atoms with Crippen LogP contribution in [0.5, 0.6) is 0 Å². The molecule has 0 radical (unpaired) electrons. The Morgan fingerprint density at radius 2 is 1.83 bits per heavy atom. The van der Waals surface area contributed by atoms with Crippen LogP contribution in [0.4, 0.5) is 0 Å². The summed E-state index contributed by atoms with van der Waals surface area (Å²) in [4.78, 5) is 16.0. The third kappa shape index (κ3) is 3.17. The molecule has 3 rings (SSSR count). The maximum absolute atomic E-state index is 11.8. The van der Waals surface area contributed by atoms with E-state index in [2.05, 4.69) is 4.99 Å². The number of halogens is 2. The Labute approximate surface area is 148 Å². The lowest BCUT2D eigenvalue weighted by Crippen LogP contribution is -2.01. The lowest BCUT2D eigenvalue weighted by molar-refractivity contribution is -0.113. The van der Waals surface area contributed by atoms with Crippen molar-refractivity contribution >= 4 is 52.1 Å². The van der Waals surface area contributed by atoms with Crippen molar-refractivity contribution in [2.45, 2.75) is 13.8 Å². The molecule has 0 atom stereocenters. The van der Waals surface area contributed by atoms with Crippen LogP contribution in [0.3, 0.4) is 0 Å². The molecule has 118 valence electrons. The molecule has 2 N–H and O–H groups in total. The van der Waals surface area contributed by atoms with E-state index in [1.165, 1.54) is 11.8 Å². The zero-order valence-electron chi connectivity index (χ0n) is 12.4. The number of hydrogen-bond acceptors (Lipinski definition) is 3. The number of aliphatic imine (C=N–C) groups is 1. The number of amides is 1. The Bertz CT molecular complexity index is 863. The standard InChI is InChI=1S/C16H13Cl2N3OS/c1-8-3-10(4-14-15(22)20-16(19)23-14)9(2)21(8)13-6-11(17)5-12(18)7-13/h3-7H,1-2H3,(H2,19,20,22)/b14-4-. The van der Waals surface area contributed by atoms with Crippen molar-refractivity contribution in [2.24, 2.45) is 10.7 Å². The molecule has 0 aliphatic carbocycles. The Balaban J connectivity index is 2.07. The molecule has 4 nitrogen and oxygen atoms in total. The average Bonchev–Trinajstić information content (AvgIpc) is 2.88. The first-order valence-electron chi connectivity index (χ1n) is 6.78. The maximum Gasteiger partial charge on any atom is 0.286 e. The van der Waals surface area contributed by atoms with Gasteiger partial charge in [0, 0.05) is 27.1 Å². The van der Waals surface area contributed by atoms with Crippen molar-refractivity contribution in [2.75, 3.05) is 0 Å². The number of carbonyl (C=O) groups excluding carboxylic acids is 1. The quantitative estimate of drug-likeness (QED) is 0.805. The van der Waals surface area contributed by atoms with Crippen molar-refractivity contribution in [3.05, 3.63) is 56.2 Å². The molecule has 23 heavy (non-hydrogen) atoms. The molecule has 0 saturated carbocycles. The Morgan fingerprint density at radius 1 is 1.17 bits per heavy atom. The van der Waals surface area contributed by atoms with E-state index in [0.29, 0.717) is 15.0 Å². The summed E-state index contributed by atoms with van der Waals surface area (Å²) in [6.45, 7) is 3.96. The van der Waals surface area contributed by atoms with E-state index in [9.17, 15) is 4.79 Å². The minimum atomic E-state index is -0.303. The highest BCUT2D eigenvalue weighted by Gasteiger charge is 2.20. The Morgan fingerprint density at radius 3 is 2.39 bits per heavy atom. The topological polar surface area (TPSA) is 60.4 Å². The first kappa shape index (κ1) is 16.2. The smallest absolute Gasteiger partial charge is 0.286 e. The van der Waals surface area contributed by atoms with E-state index in [0.717, 1.165) is 22.6 Å². The highest BCUT2D eigenvalue weighted by atomic mass is 35.5. The number of benzene rings is 1. The lowest BCUT2D eigenvalue weighted by Gasteiger charge is -2.10. The molecule has 0 spiro atoms. The number of rotatable bonds is 2. The van der Waals surface area contributed by atoms with E-state index in [1.807, 2.05) is 36.6 Å². The minimum Gasteiger partial charge on any atom is -0.378 e. The number of nitrogens with two attached hydrogens (primary N) is 1. The number of hydrogen-bond donors (Lipinski definition) is 1. The molecule has 0 fully saturated rings. The Kier molecular flexibility index (Phi) is 4.27. The summed E-state index contributed by atoms with van der Waals surface area (Å²) in [6, 6.07) is 7.39. The van der Waals surface area contributed by atoms with Gasteiger partial charge in [-0.2, -0.15) is 4.99 Å². The summed E-state index contributed by atoms with van der Waals surface area (Å²) in [7, 11) is 0. The molecule has 7 heteroatoms. The SMILES string of the molecule is Cc1cc(/C=C2\SC(N)=NC2=O)c(C)n1-c1cc(Cl)cc(Cl)c1. The first-order chi connectivity index (χ1) is 10.8. The van der Waals surface area contributed by atoms with Crippen LogP contribution < -0.4 is 5.73 Å². The number of nitrogens with zero attached hydrogens (tertiary/aromatic N) is 2. The lowest BCUT2D eigenvalue weighted by atomic mass is 10.2. The van der Waals surface area contributed by atoms with Crippen LogP contribution in [-0.2, 0) is 4.79 Å². The molecule has 1 amide bonds. The molecule has 0 unspecified atom stereocenters. The zero-order chi connectivity index (χ0) is 16.7. The van der Waals surface area contributed by atoms with Crippen LogP contribution in [0.15, 0.2) is 34.2 Å².